The van der Waals surface area contributed by atoms with Crippen molar-refractivity contribution < 1.29 is 4.74 Å². The summed E-state index contributed by atoms with van der Waals surface area (Å²) in [5.41, 5.74) is 8.97. The summed E-state index contributed by atoms with van der Waals surface area (Å²) in [7, 11) is 0. The molecule has 0 saturated heterocycles. The predicted octanol–water partition coefficient (Wildman–Crippen LogP) is 1.42. The van der Waals surface area contributed by atoms with Crippen molar-refractivity contribution in [2.45, 2.75) is 19.6 Å². The first-order valence-corrected chi connectivity index (χ1v) is 4.78. The number of fused-ring (bicyclic) bond motifs is 1. The van der Waals surface area contributed by atoms with E-state index in [-0.39, 0.29) is 0 Å². The van der Waals surface area contributed by atoms with Gasteiger partial charge in [-0.1, -0.05) is 17.9 Å². The number of benzene rings is 1. The van der Waals surface area contributed by atoms with E-state index in [2.05, 4.69) is 24.0 Å². The molecule has 0 unspecified atom stereocenters. The average molecular weight is 187 g/mol. The Kier molecular flexibility index (Phi) is 2.83. The van der Waals surface area contributed by atoms with Gasteiger partial charge in [-0.15, -0.1) is 0 Å². The van der Waals surface area contributed by atoms with Crippen LogP contribution in [0.25, 0.3) is 0 Å². The van der Waals surface area contributed by atoms with E-state index >= 15 is 0 Å². The van der Waals surface area contributed by atoms with Crippen LogP contribution in [0.3, 0.4) is 0 Å². The molecular weight excluding hydrogens is 174 g/mol. The van der Waals surface area contributed by atoms with Crippen LogP contribution in [0.15, 0.2) is 18.2 Å². The molecule has 1 aliphatic rings. The molecule has 0 aromatic heterocycles. The summed E-state index contributed by atoms with van der Waals surface area (Å²) in [4.78, 5) is 0. The Hall–Kier alpha value is -1.30. The van der Waals surface area contributed by atoms with Gasteiger partial charge in [-0.2, -0.15) is 0 Å². The highest BCUT2D eigenvalue weighted by Gasteiger charge is 2.09. The summed E-state index contributed by atoms with van der Waals surface area (Å²) >= 11 is 0. The standard InChI is InChI=1S/C12H13NO/c13-6-2-1-3-10-4-5-11-8-14-9-12(11)7-10/h4-5,7H,2,6,8-9,13H2. The fourth-order valence-corrected chi connectivity index (χ4v) is 1.49. The van der Waals surface area contributed by atoms with E-state index in [4.69, 9.17) is 10.5 Å². The average Bonchev–Trinajstić information content (AvgIpc) is 2.65. The molecule has 0 spiro atoms. The van der Waals surface area contributed by atoms with Gasteiger partial charge in [0.25, 0.3) is 0 Å². The van der Waals surface area contributed by atoms with Crippen molar-refractivity contribution in [3.63, 3.8) is 0 Å². The van der Waals surface area contributed by atoms with Crippen LogP contribution in [0.5, 0.6) is 0 Å². The van der Waals surface area contributed by atoms with Gasteiger partial charge < -0.3 is 10.5 Å². The van der Waals surface area contributed by atoms with Crippen molar-refractivity contribution in [2.24, 2.45) is 5.73 Å². The number of hydrogen-bond donors (Lipinski definition) is 1. The topological polar surface area (TPSA) is 35.2 Å². The third-order valence-corrected chi connectivity index (χ3v) is 2.22. The van der Waals surface area contributed by atoms with E-state index < -0.39 is 0 Å². The van der Waals surface area contributed by atoms with Crippen molar-refractivity contribution in [3.05, 3.63) is 34.9 Å². The molecule has 0 saturated carbocycles. The molecule has 0 amide bonds. The lowest BCUT2D eigenvalue weighted by Gasteiger charge is -1.96. The second-order valence-electron chi connectivity index (χ2n) is 3.32. The lowest BCUT2D eigenvalue weighted by molar-refractivity contribution is 0.134. The first kappa shape index (κ1) is 9.26. The molecule has 1 aromatic carbocycles. The minimum Gasteiger partial charge on any atom is -0.372 e. The molecule has 2 rings (SSSR count). The summed E-state index contributed by atoms with van der Waals surface area (Å²) in [6, 6.07) is 6.23. The van der Waals surface area contributed by atoms with Gasteiger partial charge in [-0.25, -0.2) is 0 Å². The molecule has 2 heteroatoms. The van der Waals surface area contributed by atoms with E-state index in [1.54, 1.807) is 0 Å². The molecule has 0 bridgehead atoms. The summed E-state index contributed by atoms with van der Waals surface area (Å²) in [5, 5.41) is 0. The first-order valence-electron chi connectivity index (χ1n) is 4.78. The van der Waals surface area contributed by atoms with Gasteiger partial charge in [0.2, 0.25) is 0 Å². The van der Waals surface area contributed by atoms with Crippen molar-refractivity contribution in [2.75, 3.05) is 6.54 Å². The molecule has 72 valence electrons. The predicted molar refractivity (Wildman–Crippen MR) is 55.5 cm³/mol. The zero-order chi connectivity index (χ0) is 9.80. The molecule has 0 radical (unpaired) electrons. The molecular formula is C12H13NO. The summed E-state index contributed by atoms with van der Waals surface area (Å²) in [6.45, 7) is 2.09. The van der Waals surface area contributed by atoms with Crippen LogP contribution in [0.1, 0.15) is 23.1 Å². The fourth-order valence-electron chi connectivity index (χ4n) is 1.49. The lowest BCUT2D eigenvalue weighted by atomic mass is 10.1. The third-order valence-electron chi connectivity index (χ3n) is 2.22. The fraction of sp³-hybridized carbons (Fsp3) is 0.333. The third kappa shape index (κ3) is 1.95. The minimum absolute atomic E-state index is 0.626. The van der Waals surface area contributed by atoms with Crippen molar-refractivity contribution in [1.82, 2.24) is 0 Å². The number of nitrogens with two attached hydrogens (primary N) is 1. The summed E-state index contributed by atoms with van der Waals surface area (Å²) < 4.78 is 5.33. The van der Waals surface area contributed by atoms with E-state index in [0.717, 1.165) is 25.2 Å². The maximum atomic E-state index is 5.36. The van der Waals surface area contributed by atoms with Gasteiger partial charge in [-0.3, -0.25) is 0 Å². The van der Waals surface area contributed by atoms with Crippen LogP contribution in [0.4, 0.5) is 0 Å². The highest BCUT2D eigenvalue weighted by atomic mass is 16.5. The van der Waals surface area contributed by atoms with Crippen LogP contribution in [0.2, 0.25) is 0 Å². The normalized spacial score (nSPS) is 13.2. The highest BCUT2D eigenvalue weighted by molar-refractivity contribution is 5.41. The second kappa shape index (κ2) is 4.28. The molecule has 1 aromatic rings. The molecule has 0 atom stereocenters. The van der Waals surface area contributed by atoms with Gasteiger partial charge in [0, 0.05) is 18.5 Å². The number of ether oxygens (including phenoxy) is 1. The summed E-state index contributed by atoms with van der Waals surface area (Å²) in [6.07, 6.45) is 0.758. The van der Waals surface area contributed by atoms with E-state index in [1.807, 2.05) is 6.07 Å². The SMILES string of the molecule is NCCC#Cc1ccc2c(c1)COC2. The Bertz CT molecular complexity index is 387. The number of rotatable bonds is 1. The minimum atomic E-state index is 0.626. The maximum Gasteiger partial charge on any atom is 0.0725 e. The van der Waals surface area contributed by atoms with Crippen molar-refractivity contribution in [3.8, 4) is 11.8 Å². The Balaban J connectivity index is 2.18. The largest absolute Gasteiger partial charge is 0.372 e. The van der Waals surface area contributed by atoms with E-state index in [1.165, 1.54) is 11.1 Å². The van der Waals surface area contributed by atoms with Crippen LogP contribution in [0, 0.1) is 11.8 Å². The Morgan fingerprint density at radius 2 is 2.14 bits per heavy atom. The first-order chi connectivity index (χ1) is 6.90. The van der Waals surface area contributed by atoms with Crippen LogP contribution in [-0.2, 0) is 18.0 Å². The van der Waals surface area contributed by atoms with E-state index in [0.29, 0.717) is 6.54 Å². The summed E-state index contributed by atoms with van der Waals surface area (Å²) in [5.74, 6) is 6.12. The zero-order valence-corrected chi connectivity index (χ0v) is 8.05. The van der Waals surface area contributed by atoms with Gasteiger partial charge in [0.15, 0.2) is 0 Å². The molecule has 2 nitrogen and oxygen atoms in total. The van der Waals surface area contributed by atoms with Crippen LogP contribution >= 0.6 is 0 Å². The second-order valence-corrected chi connectivity index (χ2v) is 3.32. The quantitative estimate of drug-likeness (QED) is 0.675. The van der Waals surface area contributed by atoms with Gasteiger partial charge >= 0.3 is 0 Å². The Morgan fingerprint density at radius 1 is 1.29 bits per heavy atom. The van der Waals surface area contributed by atoms with E-state index in [9.17, 15) is 0 Å². The maximum absolute atomic E-state index is 5.36. The number of hydrogen-bond acceptors (Lipinski definition) is 2. The Morgan fingerprint density at radius 3 is 3.00 bits per heavy atom. The smallest absolute Gasteiger partial charge is 0.0725 e. The van der Waals surface area contributed by atoms with Crippen molar-refractivity contribution in [1.29, 1.82) is 0 Å². The van der Waals surface area contributed by atoms with Crippen molar-refractivity contribution >= 4 is 0 Å². The highest BCUT2D eigenvalue weighted by Crippen LogP contribution is 2.20. The molecule has 0 fully saturated rings. The molecule has 1 heterocycles. The van der Waals surface area contributed by atoms with Gasteiger partial charge in [-0.05, 0) is 23.3 Å². The molecule has 2 N–H and O–H groups in total. The van der Waals surface area contributed by atoms with Crippen LogP contribution in [-0.4, -0.2) is 6.54 Å². The zero-order valence-electron chi connectivity index (χ0n) is 8.05. The molecule has 14 heavy (non-hydrogen) atoms. The lowest BCUT2D eigenvalue weighted by Crippen LogP contribution is -1.95. The molecule has 1 aliphatic heterocycles. The van der Waals surface area contributed by atoms with Gasteiger partial charge in [0.05, 0.1) is 13.2 Å². The Labute approximate surface area is 84.1 Å². The van der Waals surface area contributed by atoms with Crippen LogP contribution < -0.4 is 5.73 Å². The van der Waals surface area contributed by atoms with Gasteiger partial charge in [0.1, 0.15) is 0 Å². The monoisotopic (exact) mass is 187 g/mol. The molecule has 0 aliphatic carbocycles.